The van der Waals surface area contributed by atoms with Crippen molar-refractivity contribution in [2.45, 2.75) is 540 Å². The molecule has 142 heavy (non-hydrogen) atoms. The van der Waals surface area contributed by atoms with Crippen molar-refractivity contribution in [3.63, 3.8) is 0 Å². The van der Waals surface area contributed by atoms with Crippen molar-refractivity contribution in [1.29, 1.82) is 0 Å². The van der Waals surface area contributed by atoms with Crippen molar-refractivity contribution in [2.75, 3.05) is 85.8 Å². The van der Waals surface area contributed by atoms with Gasteiger partial charge in [0.15, 0.2) is 5.82 Å². The van der Waals surface area contributed by atoms with Crippen molar-refractivity contribution in [2.24, 2.45) is 17.8 Å². The molecule has 7 aromatic rings. The topological polar surface area (TPSA) is 162 Å². The molecule has 810 valence electrons. The maximum atomic E-state index is 14.9. The van der Waals surface area contributed by atoms with Crippen LogP contribution in [0.2, 0.25) is 0 Å². The van der Waals surface area contributed by atoms with Crippen LogP contribution < -0.4 is 0 Å². The summed E-state index contributed by atoms with van der Waals surface area (Å²) in [5.41, 5.74) is 17.5. The van der Waals surface area contributed by atoms with Crippen LogP contribution in [0.15, 0.2) is 36.4 Å². The number of piperidine rings is 2. The van der Waals surface area contributed by atoms with E-state index in [-0.39, 0.29) is 93.8 Å². The van der Waals surface area contributed by atoms with E-state index in [0.29, 0.717) is 56.2 Å². The Kier molecular flexibility index (Phi) is 40.2. The molecule has 20 nitrogen and oxygen atoms in total. The van der Waals surface area contributed by atoms with Crippen LogP contribution >= 0.6 is 0 Å². The Morgan fingerprint density at radius 3 is 0.979 bits per heavy atom. The van der Waals surface area contributed by atoms with Crippen LogP contribution in [0, 0.1) is 23.6 Å². The number of rotatable bonds is 14. The van der Waals surface area contributed by atoms with Gasteiger partial charge in [0.2, 0.25) is 0 Å². The number of alkyl halides is 1. The van der Waals surface area contributed by atoms with Crippen molar-refractivity contribution in [3.05, 3.63) is 122 Å². The lowest BCUT2D eigenvalue weighted by molar-refractivity contribution is -0.0950. The molecule has 0 radical (unpaired) electrons. The molecule has 14 rings (SSSR count). The van der Waals surface area contributed by atoms with Gasteiger partial charge in [-0.3, -0.25) is 32.8 Å². The number of hydrogen-bond donors (Lipinski definition) is 0. The van der Waals surface area contributed by atoms with E-state index < -0.39 is 6.17 Å². The van der Waals surface area contributed by atoms with Gasteiger partial charge in [-0.15, -0.1) is 0 Å². The first-order chi connectivity index (χ1) is 64.6. The van der Waals surface area contributed by atoms with Gasteiger partial charge in [0, 0.05) is 162 Å². The Balaban J connectivity index is 0.000000203. The Morgan fingerprint density at radius 2 is 0.669 bits per heavy atom. The summed E-state index contributed by atoms with van der Waals surface area (Å²) >= 11 is 0. The molecule has 0 spiro atoms. The van der Waals surface area contributed by atoms with Gasteiger partial charge in [-0.2, -0.15) is 35.7 Å². The second kappa shape index (κ2) is 47.1. The monoisotopic (exact) mass is 1980 g/mol. The SMILES string of the molecule is CC(C)(C)c1cc(C(C)(C)C)n(CC2COCCO2)n1.CC(C)(C)c1nn(C2CCCC2)c(C(C)(C)C)c1F.CC(F)CN1CCC(n2nc(C(C)(C)C)cc2C(C)(C)C)CC1.CC1CC(Cn2nc(C(C)(C)C)cc2C(C)(C)C)C1.CC1CC(n2nc(C(C)(C)C)cc2C(C)(C)C)C1.CCCN1CCC(n2nc(C(C)(C)C)cc2C(C)(C)C)CC1.CN1CCOC(Cn2nc(C(C)(C)C)cc2C(C)(C)C)C1. The zero-order valence-corrected chi connectivity index (χ0v) is 100. The fraction of sp³-hybridized carbons (Fsp3) is 0.825. The van der Waals surface area contributed by atoms with Crippen LogP contribution in [-0.2, 0) is 110 Å². The molecule has 7 fully saturated rings. The van der Waals surface area contributed by atoms with Gasteiger partial charge in [-0.05, 0) is 145 Å². The summed E-state index contributed by atoms with van der Waals surface area (Å²) in [6.07, 6.45) is 15.5. The maximum absolute atomic E-state index is 14.9. The predicted molar refractivity (Wildman–Crippen MR) is 592 cm³/mol. The van der Waals surface area contributed by atoms with Crippen molar-refractivity contribution in [1.82, 2.24) is 83.2 Å². The molecular weight excluding hydrogens is 1770 g/mol. The molecule has 0 bridgehead atoms. The predicted octanol–water partition coefficient (Wildman–Crippen LogP) is 28.4. The van der Waals surface area contributed by atoms with Crippen LogP contribution in [0.1, 0.15) is 506 Å². The molecule has 0 aromatic carbocycles. The van der Waals surface area contributed by atoms with Crippen LogP contribution in [0.25, 0.3) is 0 Å². The molecule has 4 saturated heterocycles. The van der Waals surface area contributed by atoms with Crippen molar-refractivity contribution in [3.8, 4) is 0 Å². The van der Waals surface area contributed by atoms with E-state index in [1.807, 2.05) is 25.5 Å². The molecule has 7 aliphatic rings. The van der Waals surface area contributed by atoms with E-state index in [1.54, 1.807) is 6.92 Å². The van der Waals surface area contributed by atoms with Gasteiger partial charge in [-0.1, -0.05) is 324 Å². The summed E-state index contributed by atoms with van der Waals surface area (Å²) < 4.78 is 60.7. The molecule has 3 unspecified atom stereocenters. The molecule has 3 atom stereocenters. The van der Waals surface area contributed by atoms with E-state index >= 15 is 0 Å². The summed E-state index contributed by atoms with van der Waals surface area (Å²) in [6, 6.07) is 15.8. The van der Waals surface area contributed by atoms with E-state index in [9.17, 15) is 8.78 Å². The first kappa shape index (κ1) is 121. The molecule has 11 heterocycles. The normalized spacial score (nSPS) is 21.2. The maximum Gasteiger partial charge on any atom is 0.168 e. The smallest absolute Gasteiger partial charge is 0.168 e. The largest absolute Gasteiger partial charge is 0.376 e. The first-order valence-corrected chi connectivity index (χ1v) is 55.6. The van der Waals surface area contributed by atoms with Gasteiger partial charge < -0.3 is 28.9 Å². The number of likely N-dealkylation sites (tertiary alicyclic amines) is 2. The van der Waals surface area contributed by atoms with Crippen LogP contribution in [0.4, 0.5) is 8.78 Å². The quantitative estimate of drug-likeness (QED) is 0.101. The highest BCUT2D eigenvalue weighted by molar-refractivity contribution is 5.31. The number of morpholine rings is 1. The number of hydrogen-bond acceptors (Lipinski definition) is 13. The molecule has 4 aliphatic heterocycles. The van der Waals surface area contributed by atoms with Gasteiger partial charge in [-0.25, -0.2) is 8.78 Å². The first-order valence-electron chi connectivity index (χ1n) is 55.6. The fourth-order valence-electron chi connectivity index (χ4n) is 20.3. The number of aromatic nitrogens is 14. The molecular formula is C120H213F2N17O3. The Morgan fingerprint density at radius 1 is 0.345 bits per heavy atom. The summed E-state index contributed by atoms with van der Waals surface area (Å²) in [5, 5.41) is 34.2. The van der Waals surface area contributed by atoms with E-state index in [1.165, 1.54) is 134 Å². The minimum atomic E-state index is -0.742. The lowest BCUT2D eigenvalue weighted by Gasteiger charge is -2.36. The highest BCUT2D eigenvalue weighted by Crippen LogP contribution is 2.45. The van der Waals surface area contributed by atoms with E-state index in [0.717, 1.165) is 113 Å². The van der Waals surface area contributed by atoms with Crippen molar-refractivity contribution < 1.29 is 23.0 Å². The average Bonchev–Trinajstić information content (AvgIpc) is 1.59. The van der Waals surface area contributed by atoms with Gasteiger partial charge in [0.25, 0.3) is 0 Å². The molecule has 0 amide bonds. The fourth-order valence-corrected chi connectivity index (χ4v) is 20.3. The van der Waals surface area contributed by atoms with Gasteiger partial charge >= 0.3 is 0 Å². The number of halogens is 2. The molecule has 3 aliphatic carbocycles. The Hall–Kier alpha value is -5.91. The molecule has 0 N–H and O–H groups in total. The highest BCUT2D eigenvalue weighted by atomic mass is 19.1. The van der Waals surface area contributed by atoms with E-state index in [2.05, 4.69) is 382 Å². The van der Waals surface area contributed by atoms with Crippen molar-refractivity contribution >= 4 is 0 Å². The third kappa shape index (κ3) is 34.6. The molecule has 7 aromatic heterocycles. The zero-order chi connectivity index (χ0) is 107. The standard InChI is InChI=1S/C19H34FN3.C19H35N3.C17H31N3O.C17H30N2.C16H27FN2.C16H28N2O2.C16H28N2/c1-14(20)13-22-10-8-15(9-11-22)23-17(19(5,6)7)12-16(21-23)18(2,3)4;1-8-11-21-12-9-15(10-13-21)22-17(19(5,6)7)14-16(20-22)18(2,3)4;1-16(2,3)14-10-15(17(4,5)6)20(18-14)12-13-11-19(7)8-9-21-13;1-12-8-13(9-12)11-19-15(17(5,6)7)10-14(18-19)16(2,3)4;1-15(2,3)13-12(17)14(16(4,5)6)19(18-13)11-9-7-8-10-11;1-15(2,3)13-9-14(16(4,5)6)18(17-13)10-12-11-19-7-8-20-12;1-11-8-12(9-11)18-14(16(5,6)7)10-13(17-18)15(2,3)4/h12,14-15H,8-11,13H2,1-7H3;14-15H,8-13H2,1-7H3;10,13H,8-9,11-12H2,1-7H3;10,12-13H,8-9,11H2,1-7H3;11H,7-10H2,1-6H3;9,12H,7-8,10-11H2,1-6H3;10-12H,8-9H2,1-7H3. The number of nitrogens with zero attached hydrogens (tertiary/aromatic N) is 17. The Labute approximate surface area is 866 Å². The number of ether oxygens (including phenoxy) is 3. The number of likely N-dealkylation sites (N-methyl/N-ethyl adjacent to an activating group) is 1. The van der Waals surface area contributed by atoms with E-state index in [4.69, 9.17) is 44.8 Å². The highest BCUT2D eigenvalue weighted by Gasteiger charge is 2.41. The van der Waals surface area contributed by atoms with Crippen LogP contribution in [-0.4, -0.2) is 187 Å². The summed E-state index contributed by atoms with van der Waals surface area (Å²) in [6.45, 7) is 116. The second-order valence-electron chi connectivity index (χ2n) is 58.6. The Bertz CT molecular complexity index is 4990. The summed E-state index contributed by atoms with van der Waals surface area (Å²) in [4.78, 5) is 7.17. The summed E-state index contributed by atoms with van der Waals surface area (Å²) in [7, 11) is 2.16. The molecule has 3 saturated carbocycles. The minimum Gasteiger partial charge on any atom is -0.376 e. The molecule has 22 heteroatoms. The van der Waals surface area contributed by atoms with Crippen LogP contribution in [0.5, 0.6) is 0 Å². The van der Waals surface area contributed by atoms with Gasteiger partial charge in [0.05, 0.1) is 110 Å². The minimum absolute atomic E-state index is 0.0647. The summed E-state index contributed by atoms with van der Waals surface area (Å²) in [5.74, 6) is 2.53. The third-order valence-corrected chi connectivity index (χ3v) is 29.1. The van der Waals surface area contributed by atoms with Gasteiger partial charge in [0.1, 0.15) is 18.0 Å². The lowest BCUT2D eigenvalue weighted by atomic mass is 9.76. The zero-order valence-electron chi connectivity index (χ0n) is 100. The lowest BCUT2D eigenvalue weighted by Crippen LogP contribution is -2.42. The third-order valence-electron chi connectivity index (χ3n) is 29.1. The average molecular weight is 1980 g/mol. The second-order valence-corrected chi connectivity index (χ2v) is 58.6. The van der Waals surface area contributed by atoms with Crippen LogP contribution in [0.3, 0.4) is 0 Å².